The number of hydrogen-bond donors (Lipinski definition) is 1. The largest absolute Gasteiger partial charge is 0.493 e. The molecule has 1 atom stereocenters. The van der Waals surface area contributed by atoms with Crippen LogP contribution in [0.2, 0.25) is 0 Å². The molecule has 6 nitrogen and oxygen atoms in total. The summed E-state index contributed by atoms with van der Waals surface area (Å²) in [5.41, 5.74) is 3.83. The summed E-state index contributed by atoms with van der Waals surface area (Å²) >= 11 is 0. The molecule has 166 valence electrons. The lowest BCUT2D eigenvalue weighted by Gasteiger charge is -2.25. The molecule has 1 aliphatic rings. The van der Waals surface area contributed by atoms with Gasteiger partial charge in [0.25, 0.3) is 5.56 Å². The molecule has 0 bridgehead atoms. The van der Waals surface area contributed by atoms with Gasteiger partial charge in [0.05, 0.1) is 24.6 Å². The minimum Gasteiger partial charge on any atom is -0.493 e. The minimum atomic E-state index is -0.450. The van der Waals surface area contributed by atoms with Crippen molar-refractivity contribution in [3.05, 3.63) is 99.3 Å². The first-order valence-electron chi connectivity index (χ1n) is 10.8. The molecule has 0 fully saturated rings. The summed E-state index contributed by atoms with van der Waals surface area (Å²) in [4.78, 5) is 28.4. The molecule has 1 aromatic heterocycles. The number of carbonyl (C=O) groups excluding carboxylic acids is 1. The van der Waals surface area contributed by atoms with Gasteiger partial charge in [-0.3, -0.25) is 9.59 Å². The second-order valence-electron chi connectivity index (χ2n) is 8.16. The maximum absolute atomic E-state index is 13.0. The molecule has 0 saturated carbocycles. The maximum atomic E-state index is 13.0. The Bertz CT molecular complexity index is 1420. The van der Waals surface area contributed by atoms with Gasteiger partial charge in [-0.1, -0.05) is 48.0 Å². The zero-order chi connectivity index (χ0) is 22.9. The number of methoxy groups -OCH3 is 1. The van der Waals surface area contributed by atoms with E-state index in [9.17, 15) is 9.59 Å². The van der Waals surface area contributed by atoms with Gasteiger partial charge in [-0.15, -0.1) is 0 Å². The molecule has 3 aromatic carbocycles. The van der Waals surface area contributed by atoms with Crippen LogP contribution < -0.4 is 19.8 Å². The number of aryl methyl sites for hydroxylation is 1. The quantitative estimate of drug-likeness (QED) is 0.447. The van der Waals surface area contributed by atoms with E-state index in [1.165, 1.54) is 5.56 Å². The van der Waals surface area contributed by atoms with Crippen LogP contribution in [-0.2, 0) is 11.4 Å². The summed E-state index contributed by atoms with van der Waals surface area (Å²) in [6.07, 6.45) is 0.0705. The molecule has 5 rings (SSSR count). The highest BCUT2D eigenvalue weighted by atomic mass is 16.5. The number of fused-ring (bicyclic) bond motifs is 3. The number of carbonyl (C=O) groups is 1. The van der Waals surface area contributed by atoms with Gasteiger partial charge in [0, 0.05) is 11.3 Å². The second-order valence-corrected chi connectivity index (χ2v) is 8.16. The van der Waals surface area contributed by atoms with E-state index in [-0.39, 0.29) is 17.9 Å². The van der Waals surface area contributed by atoms with Crippen LogP contribution in [0.25, 0.3) is 10.9 Å². The van der Waals surface area contributed by atoms with Crippen molar-refractivity contribution in [2.75, 3.05) is 7.11 Å². The van der Waals surface area contributed by atoms with E-state index in [0.29, 0.717) is 40.3 Å². The molecule has 2 heterocycles. The molecule has 1 N–H and O–H groups in total. The molecule has 4 aromatic rings. The highest BCUT2D eigenvalue weighted by molar-refractivity contribution is 5.91. The van der Waals surface area contributed by atoms with Crippen LogP contribution in [0.1, 0.15) is 34.6 Å². The van der Waals surface area contributed by atoms with Crippen LogP contribution in [0.5, 0.6) is 17.2 Å². The lowest BCUT2D eigenvalue weighted by molar-refractivity contribution is -0.135. The Morgan fingerprint density at radius 1 is 1.00 bits per heavy atom. The first kappa shape index (κ1) is 20.8. The summed E-state index contributed by atoms with van der Waals surface area (Å²) < 4.78 is 17.1. The molecule has 6 heteroatoms. The number of H-pyrrole nitrogens is 1. The molecule has 1 unspecified atom stereocenters. The first-order valence-corrected chi connectivity index (χ1v) is 10.8. The van der Waals surface area contributed by atoms with Gasteiger partial charge in [0.15, 0.2) is 11.5 Å². The number of benzene rings is 3. The van der Waals surface area contributed by atoms with Crippen molar-refractivity contribution < 1.29 is 19.0 Å². The van der Waals surface area contributed by atoms with E-state index in [1.54, 1.807) is 13.2 Å². The number of hydrogen-bond acceptors (Lipinski definition) is 5. The van der Waals surface area contributed by atoms with Gasteiger partial charge in [0.2, 0.25) is 0 Å². The monoisotopic (exact) mass is 441 g/mol. The number of aromatic amines is 1. The minimum absolute atomic E-state index is 0.0705. The average Bonchev–Trinajstić information content (AvgIpc) is 2.82. The molecule has 0 saturated heterocycles. The van der Waals surface area contributed by atoms with E-state index in [2.05, 4.69) is 11.1 Å². The topological polar surface area (TPSA) is 77.6 Å². The molecular formula is C27H23NO5. The number of rotatable bonds is 5. The van der Waals surface area contributed by atoms with E-state index in [4.69, 9.17) is 14.2 Å². The van der Waals surface area contributed by atoms with E-state index >= 15 is 0 Å². The van der Waals surface area contributed by atoms with Crippen molar-refractivity contribution in [1.29, 1.82) is 0 Å². The van der Waals surface area contributed by atoms with Crippen LogP contribution in [0.3, 0.4) is 0 Å². The van der Waals surface area contributed by atoms with Crippen molar-refractivity contribution in [2.45, 2.75) is 25.9 Å². The Balaban J connectivity index is 1.52. The van der Waals surface area contributed by atoms with Crippen LogP contribution in [0.4, 0.5) is 0 Å². The highest BCUT2D eigenvalue weighted by Crippen LogP contribution is 2.42. The molecule has 0 amide bonds. The van der Waals surface area contributed by atoms with E-state index in [0.717, 1.165) is 11.1 Å². The summed E-state index contributed by atoms with van der Waals surface area (Å²) in [6, 6.07) is 20.9. The average molecular weight is 441 g/mol. The zero-order valence-corrected chi connectivity index (χ0v) is 18.4. The molecule has 0 aliphatic carbocycles. The molecule has 0 spiro atoms. The third-order valence-corrected chi connectivity index (χ3v) is 5.91. The predicted octanol–water partition coefficient (Wildman–Crippen LogP) is 4.87. The summed E-state index contributed by atoms with van der Waals surface area (Å²) in [6.45, 7) is 2.44. The number of para-hydroxylation sites is 1. The van der Waals surface area contributed by atoms with Gasteiger partial charge >= 0.3 is 5.97 Å². The molecule has 0 radical (unpaired) electrons. The number of pyridine rings is 1. The standard InChI is InChI=1S/C27H23NO5/c1-16-6-5-7-17(12-16)15-32-22-11-10-18(13-23(22)31-2)20-14-24(29)33-26-19-8-3-4-9-21(19)28-27(30)25(20)26/h3-13,20H,14-15H2,1-2H3,(H,28,30). The normalized spacial score (nSPS) is 15.1. The van der Waals surface area contributed by atoms with Crippen LogP contribution in [0, 0.1) is 6.92 Å². The zero-order valence-electron chi connectivity index (χ0n) is 18.4. The Morgan fingerprint density at radius 2 is 1.85 bits per heavy atom. The van der Waals surface area contributed by atoms with Gasteiger partial charge in [0.1, 0.15) is 12.4 Å². The third kappa shape index (κ3) is 3.96. The number of ether oxygens (including phenoxy) is 3. The van der Waals surface area contributed by atoms with Crippen molar-refractivity contribution in [2.24, 2.45) is 0 Å². The lowest BCUT2D eigenvalue weighted by atomic mass is 9.86. The number of nitrogens with one attached hydrogen (secondary N) is 1. The van der Waals surface area contributed by atoms with Crippen LogP contribution in [0.15, 0.2) is 71.5 Å². The maximum Gasteiger partial charge on any atom is 0.312 e. The van der Waals surface area contributed by atoms with Gasteiger partial charge in [-0.05, 0) is 42.3 Å². The lowest BCUT2D eigenvalue weighted by Crippen LogP contribution is -2.28. The summed E-state index contributed by atoms with van der Waals surface area (Å²) in [7, 11) is 1.57. The fourth-order valence-corrected chi connectivity index (χ4v) is 4.35. The second kappa shape index (κ2) is 8.47. The number of esters is 1. The Morgan fingerprint density at radius 3 is 2.67 bits per heavy atom. The SMILES string of the molecule is COc1cc(C2CC(=O)Oc3c2c(=O)[nH]c2ccccc32)ccc1OCc1cccc(C)c1. The summed E-state index contributed by atoms with van der Waals surface area (Å²) in [5.74, 6) is 0.636. The van der Waals surface area contributed by atoms with Crippen molar-refractivity contribution in [3.63, 3.8) is 0 Å². The molecular weight excluding hydrogens is 418 g/mol. The van der Waals surface area contributed by atoms with E-state index in [1.807, 2.05) is 61.5 Å². The summed E-state index contributed by atoms with van der Waals surface area (Å²) in [5, 5.41) is 0.704. The predicted molar refractivity (Wildman–Crippen MR) is 125 cm³/mol. The molecule has 33 heavy (non-hydrogen) atoms. The Labute approximate surface area is 190 Å². The van der Waals surface area contributed by atoms with Crippen molar-refractivity contribution in [1.82, 2.24) is 4.98 Å². The Hall–Kier alpha value is -4.06. The smallest absolute Gasteiger partial charge is 0.312 e. The van der Waals surface area contributed by atoms with Crippen molar-refractivity contribution in [3.8, 4) is 17.2 Å². The third-order valence-electron chi connectivity index (χ3n) is 5.91. The highest BCUT2D eigenvalue weighted by Gasteiger charge is 2.33. The number of aromatic nitrogens is 1. The molecule has 1 aliphatic heterocycles. The van der Waals surface area contributed by atoms with Gasteiger partial charge in [-0.25, -0.2) is 0 Å². The van der Waals surface area contributed by atoms with Gasteiger partial charge < -0.3 is 19.2 Å². The van der Waals surface area contributed by atoms with Gasteiger partial charge in [-0.2, -0.15) is 0 Å². The Kier molecular flexibility index (Phi) is 5.34. The first-order chi connectivity index (χ1) is 16.0. The van der Waals surface area contributed by atoms with Crippen LogP contribution >= 0.6 is 0 Å². The van der Waals surface area contributed by atoms with E-state index < -0.39 is 5.92 Å². The van der Waals surface area contributed by atoms with Crippen molar-refractivity contribution >= 4 is 16.9 Å². The fourth-order valence-electron chi connectivity index (χ4n) is 4.35. The fraction of sp³-hybridized carbons (Fsp3) is 0.185. The van der Waals surface area contributed by atoms with Crippen LogP contribution in [-0.4, -0.2) is 18.1 Å².